The van der Waals surface area contributed by atoms with Gasteiger partial charge in [-0.05, 0) is 44.5 Å². The number of pyridine rings is 1. The number of aromatic nitrogens is 1. The standard InChI is InChI=1S/C15H15NO2/c1-10-9-11(2)16(13-7-5-4-6-8-13)15(18)14(10)12(3)17/h4-9H,1-3H3. The molecule has 0 spiro atoms. The number of hydrogen-bond acceptors (Lipinski definition) is 2. The Hall–Kier alpha value is -2.16. The number of hydrogen-bond donors (Lipinski definition) is 0. The summed E-state index contributed by atoms with van der Waals surface area (Å²) in [5, 5.41) is 0. The highest BCUT2D eigenvalue weighted by Crippen LogP contribution is 2.12. The van der Waals surface area contributed by atoms with Crippen molar-refractivity contribution < 1.29 is 4.79 Å². The predicted molar refractivity (Wildman–Crippen MR) is 71.5 cm³/mol. The Labute approximate surface area is 106 Å². The summed E-state index contributed by atoms with van der Waals surface area (Å²) in [7, 11) is 0. The Balaban J connectivity index is 2.81. The Morgan fingerprint density at radius 1 is 1.11 bits per heavy atom. The normalized spacial score (nSPS) is 10.4. The number of aryl methyl sites for hydroxylation is 2. The smallest absolute Gasteiger partial charge is 0.266 e. The predicted octanol–water partition coefficient (Wildman–Crippen LogP) is 2.66. The number of para-hydroxylation sites is 1. The van der Waals surface area contributed by atoms with E-state index in [1.165, 1.54) is 6.92 Å². The summed E-state index contributed by atoms with van der Waals surface area (Å²) < 4.78 is 1.57. The summed E-state index contributed by atoms with van der Waals surface area (Å²) in [6.45, 7) is 5.08. The molecule has 1 aromatic heterocycles. The minimum atomic E-state index is -0.244. The maximum Gasteiger partial charge on any atom is 0.266 e. The van der Waals surface area contributed by atoms with Crippen LogP contribution in [0.3, 0.4) is 0 Å². The maximum atomic E-state index is 12.4. The number of nitrogens with zero attached hydrogens (tertiary/aromatic N) is 1. The van der Waals surface area contributed by atoms with E-state index in [1.54, 1.807) is 11.5 Å². The lowest BCUT2D eigenvalue weighted by Gasteiger charge is -2.13. The van der Waals surface area contributed by atoms with E-state index in [1.807, 2.05) is 43.3 Å². The summed E-state index contributed by atoms with van der Waals surface area (Å²) in [5.41, 5.74) is 2.36. The molecule has 18 heavy (non-hydrogen) atoms. The number of rotatable bonds is 2. The van der Waals surface area contributed by atoms with Gasteiger partial charge in [0.2, 0.25) is 0 Å². The Kier molecular flexibility index (Phi) is 3.15. The molecule has 0 bridgehead atoms. The topological polar surface area (TPSA) is 39.1 Å². The second-order valence-electron chi connectivity index (χ2n) is 4.38. The summed E-state index contributed by atoms with van der Waals surface area (Å²) >= 11 is 0. The fraction of sp³-hybridized carbons (Fsp3) is 0.200. The van der Waals surface area contributed by atoms with Gasteiger partial charge in [-0.25, -0.2) is 0 Å². The quantitative estimate of drug-likeness (QED) is 0.758. The molecule has 0 saturated heterocycles. The van der Waals surface area contributed by atoms with Gasteiger partial charge in [-0.15, -0.1) is 0 Å². The highest BCUT2D eigenvalue weighted by Gasteiger charge is 2.14. The lowest BCUT2D eigenvalue weighted by atomic mass is 10.1. The van der Waals surface area contributed by atoms with Crippen LogP contribution in [0.4, 0.5) is 0 Å². The molecule has 1 heterocycles. The summed E-state index contributed by atoms with van der Waals surface area (Å²) in [6, 6.07) is 11.2. The van der Waals surface area contributed by atoms with Crippen molar-refractivity contribution >= 4 is 5.78 Å². The zero-order valence-corrected chi connectivity index (χ0v) is 10.7. The number of ketones is 1. The second kappa shape index (κ2) is 4.61. The molecule has 3 heteroatoms. The molecule has 0 saturated carbocycles. The molecule has 0 unspecified atom stereocenters. The molecular formula is C15H15NO2. The minimum absolute atomic E-state index is 0.192. The van der Waals surface area contributed by atoms with Crippen LogP contribution in [0.1, 0.15) is 28.5 Å². The van der Waals surface area contributed by atoms with E-state index in [2.05, 4.69) is 0 Å². The fourth-order valence-electron chi connectivity index (χ4n) is 2.22. The first-order chi connectivity index (χ1) is 8.52. The molecule has 0 aliphatic heterocycles. The third kappa shape index (κ3) is 1.99. The first-order valence-electron chi connectivity index (χ1n) is 5.82. The number of Topliss-reactive ketones (excluding diaryl/α,β-unsaturated/α-hetero) is 1. The molecular weight excluding hydrogens is 226 g/mol. The highest BCUT2D eigenvalue weighted by atomic mass is 16.1. The number of benzene rings is 1. The molecule has 0 aliphatic rings. The van der Waals surface area contributed by atoms with E-state index in [-0.39, 0.29) is 16.9 Å². The van der Waals surface area contributed by atoms with Crippen molar-refractivity contribution in [3.05, 3.63) is 63.6 Å². The van der Waals surface area contributed by atoms with E-state index in [0.29, 0.717) is 0 Å². The first kappa shape index (κ1) is 12.3. The number of carbonyl (C=O) groups excluding carboxylic acids is 1. The minimum Gasteiger partial charge on any atom is -0.294 e. The van der Waals surface area contributed by atoms with Gasteiger partial charge in [0.25, 0.3) is 5.56 Å². The van der Waals surface area contributed by atoms with Gasteiger partial charge in [0.1, 0.15) is 0 Å². The van der Waals surface area contributed by atoms with Crippen molar-refractivity contribution in [3.63, 3.8) is 0 Å². The van der Waals surface area contributed by atoms with Crippen LogP contribution in [0.5, 0.6) is 0 Å². The summed E-state index contributed by atoms with van der Waals surface area (Å²) in [6.07, 6.45) is 0. The number of carbonyl (C=O) groups is 1. The van der Waals surface area contributed by atoms with Crippen molar-refractivity contribution in [2.24, 2.45) is 0 Å². The summed E-state index contributed by atoms with van der Waals surface area (Å²) in [5.74, 6) is -0.192. The lowest BCUT2D eigenvalue weighted by Crippen LogP contribution is -2.27. The van der Waals surface area contributed by atoms with Gasteiger partial charge in [0, 0.05) is 11.4 Å². The molecule has 3 nitrogen and oxygen atoms in total. The summed E-state index contributed by atoms with van der Waals surface area (Å²) in [4.78, 5) is 24.0. The maximum absolute atomic E-state index is 12.4. The molecule has 0 aliphatic carbocycles. The first-order valence-corrected chi connectivity index (χ1v) is 5.82. The van der Waals surface area contributed by atoms with Crippen LogP contribution in [0.15, 0.2) is 41.2 Å². The van der Waals surface area contributed by atoms with E-state index >= 15 is 0 Å². The third-order valence-electron chi connectivity index (χ3n) is 2.96. The van der Waals surface area contributed by atoms with Crippen molar-refractivity contribution in [1.82, 2.24) is 4.57 Å². The van der Waals surface area contributed by atoms with Crippen LogP contribution in [0.25, 0.3) is 5.69 Å². The van der Waals surface area contributed by atoms with Gasteiger partial charge in [-0.3, -0.25) is 14.2 Å². The van der Waals surface area contributed by atoms with Gasteiger partial charge in [0.05, 0.1) is 5.56 Å². The zero-order chi connectivity index (χ0) is 13.3. The average molecular weight is 241 g/mol. The highest BCUT2D eigenvalue weighted by molar-refractivity contribution is 5.95. The Bertz CT molecular complexity index is 654. The molecule has 92 valence electrons. The van der Waals surface area contributed by atoms with Crippen LogP contribution in [0.2, 0.25) is 0 Å². The van der Waals surface area contributed by atoms with Crippen molar-refractivity contribution in [2.45, 2.75) is 20.8 Å². The zero-order valence-electron chi connectivity index (χ0n) is 10.7. The Morgan fingerprint density at radius 3 is 2.28 bits per heavy atom. The second-order valence-corrected chi connectivity index (χ2v) is 4.38. The van der Waals surface area contributed by atoms with Gasteiger partial charge >= 0.3 is 0 Å². The lowest BCUT2D eigenvalue weighted by molar-refractivity contribution is 0.101. The van der Waals surface area contributed by atoms with E-state index in [9.17, 15) is 9.59 Å². The molecule has 0 radical (unpaired) electrons. The molecule has 0 N–H and O–H groups in total. The van der Waals surface area contributed by atoms with E-state index in [4.69, 9.17) is 0 Å². The molecule has 0 fully saturated rings. The van der Waals surface area contributed by atoms with Crippen molar-refractivity contribution in [2.75, 3.05) is 0 Å². The van der Waals surface area contributed by atoms with Gasteiger partial charge in [0.15, 0.2) is 5.78 Å². The fourth-order valence-corrected chi connectivity index (χ4v) is 2.22. The van der Waals surface area contributed by atoms with E-state index < -0.39 is 0 Å². The van der Waals surface area contributed by atoms with E-state index in [0.717, 1.165) is 16.9 Å². The molecule has 2 aromatic rings. The van der Waals surface area contributed by atoms with Crippen LogP contribution in [-0.4, -0.2) is 10.4 Å². The molecule has 0 amide bonds. The average Bonchev–Trinajstić information content (AvgIpc) is 2.28. The van der Waals surface area contributed by atoms with Crippen molar-refractivity contribution in [3.8, 4) is 5.69 Å². The molecule has 1 aromatic carbocycles. The monoisotopic (exact) mass is 241 g/mol. The third-order valence-corrected chi connectivity index (χ3v) is 2.96. The van der Waals surface area contributed by atoms with Crippen LogP contribution in [-0.2, 0) is 0 Å². The molecule has 2 rings (SSSR count). The van der Waals surface area contributed by atoms with Crippen LogP contribution >= 0.6 is 0 Å². The molecule has 0 atom stereocenters. The van der Waals surface area contributed by atoms with Gasteiger partial charge in [-0.1, -0.05) is 18.2 Å². The largest absolute Gasteiger partial charge is 0.294 e. The van der Waals surface area contributed by atoms with Gasteiger partial charge < -0.3 is 0 Å². The Morgan fingerprint density at radius 2 is 1.72 bits per heavy atom. The van der Waals surface area contributed by atoms with Crippen LogP contribution < -0.4 is 5.56 Å². The van der Waals surface area contributed by atoms with Crippen molar-refractivity contribution in [1.29, 1.82) is 0 Å². The van der Waals surface area contributed by atoms with Crippen LogP contribution in [0, 0.1) is 13.8 Å². The van der Waals surface area contributed by atoms with Gasteiger partial charge in [-0.2, -0.15) is 0 Å². The SMILES string of the molecule is CC(=O)c1c(C)cc(C)n(-c2ccccc2)c1=O.